The second-order valence-corrected chi connectivity index (χ2v) is 6.19. The van der Waals surface area contributed by atoms with E-state index in [0.29, 0.717) is 30.7 Å². The highest BCUT2D eigenvalue weighted by atomic mass is 16.6. The molecule has 3 rings (SSSR count). The Bertz CT molecular complexity index is 605. The summed E-state index contributed by atoms with van der Waals surface area (Å²) in [5.41, 5.74) is 0.178. The first-order valence-corrected chi connectivity index (χ1v) is 7.92. The van der Waals surface area contributed by atoms with Gasteiger partial charge in [0.15, 0.2) is 0 Å². The molecule has 23 heavy (non-hydrogen) atoms. The van der Waals surface area contributed by atoms with Crippen LogP contribution >= 0.6 is 0 Å². The highest BCUT2D eigenvalue weighted by Crippen LogP contribution is 2.30. The number of methoxy groups -OCH3 is 1. The van der Waals surface area contributed by atoms with Crippen molar-refractivity contribution in [1.82, 2.24) is 10.2 Å². The predicted molar refractivity (Wildman–Crippen MR) is 84.6 cm³/mol. The van der Waals surface area contributed by atoms with Crippen LogP contribution in [0.5, 0.6) is 5.75 Å². The van der Waals surface area contributed by atoms with Crippen molar-refractivity contribution in [2.45, 2.75) is 12.8 Å². The lowest BCUT2D eigenvalue weighted by atomic mass is 9.92. The van der Waals surface area contributed by atoms with E-state index in [9.17, 15) is 14.9 Å². The maximum absolute atomic E-state index is 12.8. The highest BCUT2D eigenvalue weighted by Gasteiger charge is 2.32. The van der Waals surface area contributed by atoms with Crippen LogP contribution in [0.25, 0.3) is 0 Å². The Labute approximate surface area is 134 Å². The van der Waals surface area contributed by atoms with Gasteiger partial charge in [-0.15, -0.1) is 0 Å². The monoisotopic (exact) mass is 319 g/mol. The number of nitrogens with zero attached hydrogens (tertiary/aromatic N) is 2. The Balaban J connectivity index is 1.81. The first kappa shape index (κ1) is 15.7. The van der Waals surface area contributed by atoms with Gasteiger partial charge in [0.25, 0.3) is 11.6 Å². The van der Waals surface area contributed by atoms with Crippen LogP contribution in [-0.2, 0) is 0 Å². The van der Waals surface area contributed by atoms with Gasteiger partial charge in [-0.05, 0) is 43.8 Å². The van der Waals surface area contributed by atoms with Gasteiger partial charge in [-0.25, -0.2) is 0 Å². The number of ether oxygens (including phenoxy) is 1. The Morgan fingerprint density at radius 3 is 2.52 bits per heavy atom. The third-order valence-electron chi connectivity index (χ3n) is 4.93. The fourth-order valence-corrected chi connectivity index (χ4v) is 3.57. The van der Waals surface area contributed by atoms with Gasteiger partial charge in [0, 0.05) is 25.2 Å². The van der Waals surface area contributed by atoms with Gasteiger partial charge in [0.2, 0.25) is 0 Å². The molecule has 2 fully saturated rings. The Hall–Kier alpha value is -2.15. The zero-order valence-corrected chi connectivity index (χ0v) is 13.2. The molecule has 0 unspecified atom stereocenters. The fourth-order valence-electron chi connectivity index (χ4n) is 3.57. The molecule has 0 aromatic heterocycles. The van der Waals surface area contributed by atoms with Gasteiger partial charge >= 0.3 is 0 Å². The summed E-state index contributed by atoms with van der Waals surface area (Å²) in [7, 11) is 1.47. The standard InChI is InChI=1S/C16H21N3O4/c1-23-15-3-2-13(19(21)22)8-14(15)16(20)18-6-4-11-9-17-10-12(11)5-7-18/h2-3,8,11-12,17H,4-7,9-10H2,1H3/t11-,12+. The average Bonchev–Trinajstić information content (AvgIpc) is 2.92. The average molecular weight is 319 g/mol. The van der Waals surface area contributed by atoms with Crippen LogP contribution in [0.2, 0.25) is 0 Å². The van der Waals surface area contributed by atoms with Crippen LogP contribution in [0.4, 0.5) is 5.69 Å². The SMILES string of the molecule is COc1ccc([N+](=O)[O-])cc1C(=O)N1CC[C@@H]2CNC[C@@H]2CC1. The summed E-state index contributed by atoms with van der Waals surface area (Å²) in [6, 6.07) is 4.16. The third kappa shape index (κ3) is 3.14. The minimum atomic E-state index is -0.491. The van der Waals surface area contributed by atoms with E-state index in [1.165, 1.54) is 25.3 Å². The van der Waals surface area contributed by atoms with Gasteiger partial charge in [0.1, 0.15) is 5.75 Å². The summed E-state index contributed by atoms with van der Waals surface area (Å²) in [5.74, 6) is 1.45. The number of amides is 1. The van der Waals surface area contributed by atoms with Crippen LogP contribution in [0.3, 0.4) is 0 Å². The van der Waals surface area contributed by atoms with Gasteiger partial charge in [-0.2, -0.15) is 0 Å². The van der Waals surface area contributed by atoms with Crippen LogP contribution in [0, 0.1) is 22.0 Å². The molecule has 1 amide bonds. The van der Waals surface area contributed by atoms with Crippen molar-refractivity contribution >= 4 is 11.6 Å². The van der Waals surface area contributed by atoms with Crippen LogP contribution < -0.4 is 10.1 Å². The van der Waals surface area contributed by atoms with E-state index < -0.39 is 4.92 Å². The number of nitro benzene ring substituents is 1. The predicted octanol–water partition coefficient (Wildman–Crippen LogP) is 1.67. The highest BCUT2D eigenvalue weighted by molar-refractivity contribution is 5.97. The van der Waals surface area contributed by atoms with Crippen molar-refractivity contribution in [1.29, 1.82) is 0 Å². The van der Waals surface area contributed by atoms with E-state index >= 15 is 0 Å². The minimum Gasteiger partial charge on any atom is -0.496 e. The molecule has 2 heterocycles. The molecular weight excluding hydrogens is 298 g/mol. The van der Waals surface area contributed by atoms with E-state index in [4.69, 9.17) is 4.74 Å². The Morgan fingerprint density at radius 1 is 1.30 bits per heavy atom. The van der Waals surface area contributed by atoms with Crippen LogP contribution in [-0.4, -0.2) is 49.0 Å². The lowest BCUT2D eigenvalue weighted by Gasteiger charge is -2.22. The Morgan fingerprint density at radius 2 is 1.96 bits per heavy atom. The van der Waals surface area contributed by atoms with E-state index in [-0.39, 0.29) is 17.2 Å². The molecule has 2 aliphatic rings. The van der Waals surface area contributed by atoms with Gasteiger partial charge in [-0.3, -0.25) is 14.9 Å². The lowest BCUT2D eigenvalue weighted by Crippen LogP contribution is -2.33. The number of fused-ring (bicyclic) bond motifs is 1. The number of rotatable bonds is 3. The molecule has 7 nitrogen and oxygen atoms in total. The first-order valence-electron chi connectivity index (χ1n) is 7.92. The van der Waals surface area contributed by atoms with E-state index in [2.05, 4.69) is 5.32 Å². The summed E-state index contributed by atoms with van der Waals surface area (Å²) < 4.78 is 5.22. The molecule has 0 bridgehead atoms. The summed E-state index contributed by atoms with van der Waals surface area (Å²) in [5, 5.41) is 14.4. The van der Waals surface area contributed by atoms with Crippen molar-refractivity contribution in [3.8, 4) is 5.75 Å². The number of hydrogen-bond donors (Lipinski definition) is 1. The van der Waals surface area contributed by atoms with Crippen molar-refractivity contribution in [3.05, 3.63) is 33.9 Å². The van der Waals surface area contributed by atoms with E-state index in [1.54, 1.807) is 4.90 Å². The minimum absolute atomic E-state index is 0.0926. The number of carbonyl (C=O) groups is 1. The molecule has 1 N–H and O–H groups in total. The van der Waals surface area contributed by atoms with Gasteiger partial charge in [-0.1, -0.05) is 0 Å². The normalized spacial score (nSPS) is 24.0. The molecule has 2 aliphatic heterocycles. The molecule has 1 aromatic carbocycles. The molecule has 1 aromatic rings. The number of non-ortho nitro benzene ring substituents is 1. The number of hydrogen-bond acceptors (Lipinski definition) is 5. The topological polar surface area (TPSA) is 84.7 Å². The van der Waals surface area contributed by atoms with Crippen molar-refractivity contribution < 1.29 is 14.5 Å². The second-order valence-electron chi connectivity index (χ2n) is 6.19. The summed E-state index contributed by atoms with van der Waals surface area (Å²) in [6.45, 7) is 3.42. The Kier molecular flexibility index (Phi) is 4.47. The van der Waals surface area contributed by atoms with E-state index in [0.717, 1.165) is 25.9 Å². The molecule has 0 saturated carbocycles. The fraction of sp³-hybridized carbons (Fsp3) is 0.562. The number of nitrogens with one attached hydrogen (secondary N) is 1. The zero-order chi connectivity index (χ0) is 16.4. The van der Waals surface area contributed by atoms with E-state index in [1.807, 2.05) is 0 Å². The maximum atomic E-state index is 12.8. The molecular formula is C16H21N3O4. The number of nitro groups is 1. The second kappa shape index (κ2) is 6.54. The quantitative estimate of drug-likeness (QED) is 0.677. The van der Waals surface area contributed by atoms with Crippen molar-refractivity contribution in [2.75, 3.05) is 33.3 Å². The number of likely N-dealkylation sites (tertiary alicyclic amines) is 1. The third-order valence-corrected chi connectivity index (χ3v) is 4.93. The number of benzene rings is 1. The van der Waals surface area contributed by atoms with Crippen molar-refractivity contribution in [3.63, 3.8) is 0 Å². The number of carbonyl (C=O) groups excluding carboxylic acids is 1. The molecule has 0 radical (unpaired) electrons. The molecule has 7 heteroatoms. The summed E-state index contributed by atoms with van der Waals surface area (Å²) in [6.07, 6.45) is 1.95. The zero-order valence-electron chi connectivity index (χ0n) is 13.2. The molecule has 2 saturated heterocycles. The summed E-state index contributed by atoms with van der Waals surface area (Å²) in [4.78, 5) is 25.1. The maximum Gasteiger partial charge on any atom is 0.270 e. The van der Waals surface area contributed by atoms with Gasteiger partial charge in [0.05, 0.1) is 17.6 Å². The molecule has 0 aliphatic carbocycles. The molecule has 0 spiro atoms. The van der Waals surface area contributed by atoms with Crippen molar-refractivity contribution in [2.24, 2.45) is 11.8 Å². The summed E-state index contributed by atoms with van der Waals surface area (Å²) >= 11 is 0. The molecule has 124 valence electrons. The van der Waals surface area contributed by atoms with Gasteiger partial charge < -0.3 is 15.0 Å². The van der Waals surface area contributed by atoms with Crippen LogP contribution in [0.15, 0.2) is 18.2 Å². The first-order chi connectivity index (χ1) is 11.1. The van der Waals surface area contributed by atoms with Crippen LogP contribution in [0.1, 0.15) is 23.2 Å². The molecule has 2 atom stereocenters. The smallest absolute Gasteiger partial charge is 0.270 e. The largest absolute Gasteiger partial charge is 0.496 e. The lowest BCUT2D eigenvalue weighted by molar-refractivity contribution is -0.384.